The van der Waals surface area contributed by atoms with Crippen LogP contribution in [0.4, 0.5) is 0 Å². The summed E-state index contributed by atoms with van der Waals surface area (Å²) >= 11 is 0. The normalized spacial score (nSPS) is 27.0. The Bertz CT molecular complexity index is 681. The van der Waals surface area contributed by atoms with E-state index >= 15 is 0 Å². The fraction of sp³-hybridized carbons (Fsp3) is 0.333. The third kappa shape index (κ3) is 2.49. The molecule has 1 N–H and O–H groups in total. The Labute approximate surface area is 124 Å². The van der Waals surface area contributed by atoms with Gasteiger partial charge in [0.1, 0.15) is 17.6 Å². The molecule has 3 nitrogen and oxygen atoms in total. The molecular weight excluding hydrogens is 262 g/mol. The molecule has 0 radical (unpaired) electrons. The number of rotatable bonds is 3. The fourth-order valence-electron chi connectivity index (χ4n) is 3.30. The highest BCUT2D eigenvalue weighted by molar-refractivity contribution is 5.85. The third-order valence-corrected chi connectivity index (χ3v) is 4.36. The summed E-state index contributed by atoms with van der Waals surface area (Å²) in [5, 5.41) is 5.90. The molecule has 1 fully saturated rings. The van der Waals surface area contributed by atoms with Gasteiger partial charge in [0.15, 0.2) is 0 Å². The lowest BCUT2D eigenvalue weighted by Gasteiger charge is -2.29. The van der Waals surface area contributed by atoms with Gasteiger partial charge < -0.3 is 14.8 Å². The molecule has 2 aliphatic heterocycles. The zero-order chi connectivity index (χ0) is 14.2. The molecule has 0 amide bonds. The first kappa shape index (κ1) is 12.7. The van der Waals surface area contributed by atoms with Gasteiger partial charge in [-0.25, -0.2) is 0 Å². The highest BCUT2D eigenvalue weighted by Crippen LogP contribution is 2.28. The van der Waals surface area contributed by atoms with Gasteiger partial charge >= 0.3 is 0 Å². The SMILES string of the molecule is COc1ccc2cc(OC3CC4C=CC(C3)N4)ccc2c1. The van der Waals surface area contributed by atoms with Crippen molar-refractivity contribution in [2.45, 2.75) is 31.0 Å². The van der Waals surface area contributed by atoms with Crippen LogP contribution in [-0.4, -0.2) is 25.3 Å². The predicted octanol–water partition coefficient (Wildman–Crippen LogP) is 3.29. The number of nitrogens with one attached hydrogen (secondary N) is 1. The van der Waals surface area contributed by atoms with Gasteiger partial charge in [0.05, 0.1) is 7.11 Å². The maximum Gasteiger partial charge on any atom is 0.120 e. The van der Waals surface area contributed by atoms with Gasteiger partial charge in [-0.3, -0.25) is 0 Å². The Morgan fingerprint density at radius 1 is 0.905 bits per heavy atom. The van der Waals surface area contributed by atoms with E-state index in [0.29, 0.717) is 18.2 Å². The lowest BCUT2D eigenvalue weighted by atomic mass is 10.0. The van der Waals surface area contributed by atoms with Crippen molar-refractivity contribution in [2.24, 2.45) is 0 Å². The first-order valence-electron chi connectivity index (χ1n) is 7.49. The van der Waals surface area contributed by atoms with Crippen LogP contribution in [-0.2, 0) is 0 Å². The lowest BCUT2D eigenvalue weighted by Crippen LogP contribution is -2.43. The van der Waals surface area contributed by atoms with E-state index < -0.39 is 0 Å². The number of methoxy groups -OCH3 is 1. The topological polar surface area (TPSA) is 30.5 Å². The van der Waals surface area contributed by atoms with E-state index in [1.54, 1.807) is 7.11 Å². The summed E-state index contributed by atoms with van der Waals surface area (Å²) in [7, 11) is 1.69. The van der Waals surface area contributed by atoms with Gasteiger partial charge in [0.25, 0.3) is 0 Å². The van der Waals surface area contributed by atoms with Gasteiger partial charge in [-0.1, -0.05) is 24.3 Å². The predicted molar refractivity (Wildman–Crippen MR) is 84.0 cm³/mol. The lowest BCUT2D eigenvalue weighted by molar-refractivity contribution is 0.142. The quantitative estimate of drug-likeness (QED) is 0.876. The van der Waals surface area contributed by atoms with E-state index in [1.807, 2.05) is 12.1 Å². The standard InChI is InChI=1S/C18H19NO2/c1-20-16-6-2-13-9-17(7-3-12(13)8-16)21-18-10-14-4-5-15(11-18)19-14/h2-9,14-15,18-19H,10-11H2,1H3. The zero-order valence-corrected chi connectivity index (χ0v) is 12.1. The van der Waals surface area contributed by atoms with Crippen LogP contribution in [0, 0.1) is 0 Å². The second-order valence-electron chi connectivity index (χ2n) is 5.85. The number of hydrogen-bond donors (Lipinski definition) is 1. The zero-order valence-electron chi connectivity index (χ0n) is 12.1. The summed E-state index contributed by atoms with van der Waals surface area (Å²) in [6, 6.07) is 13.4. The summed E-state index contributed by atoms with van der Waals surface area (Å²) in [4.78, 5) is 0. The number of ether oxygens (including phenoxy) is 2. The molecule has 0 saturated carbocycles. The Kier molecular flexibility index (Phi) is 3.08. The van der Waals surface area contributed by atoms with Crippen LogP contribution in [0.15, 0.2) is 48.6 Å². The molecule has 2 aromatic rings. The summed E-state index contributed by atoms with van der Waals surface area (Å²) < 4.78 is 11.4. The Morgan fingerprint density at radius 3 is 2.19 bits per heavy atom. The Hall–Kier alpha value is -2.00. The van der Waals surface area contributed by atoms with Crippen LogP contribution in [0.25, 0.3) is 10.8 Å². The van der Waals surface area contributed by atoms with E-state index in [0.717, 1.165) is 24.3 Å². The van der Waals surface area contributed by atoms with Crippen molar-refractivity contribution in [1.29, 1.82) is 0 Å². The van der Waals surface area contributed by atoms with Crippen molar-refractivity contribution in [3.8, 4) is 11.5 Å². The number of hydrogen-bond acceptors (Lipinski definition) is 3. The van der Waals surface area contributed by atoms with Crippen molar-refractivity contribution in [3.63, 3.8) is 0 Å². The van der Waals surface area contributed by atoms with Gasteiger partial charge in [-0.2, -0.15) is 0 Å². The van der Waals surface area contributed by atoms with E-state index in [4.69, 9.17) is 9.47 Å². The van der Waals surface area contributed by atoms with E-state index in [-0.39, 0.29) is 0 Å². The smallest absolute Gasteiger partial charge is 0.120 e. The molecule has 2 aliphatic rings. The van der Waals surface area contributed by atoms with Gasteiger partial charge in [-0.05, 0) is 35.0 Å². The van der Waals surface area contributed by atoms with Crippen LogP contribution >= 0.6 is 0 Å². The van der Waals surface area contributed by atoms with E-state index in [1.165, 1.54) is 10.8 Å². The minimum Gasteiger partial charge on any atom is -0.497 e. The van der Waals surface area contributed by atoms with Crippen molar-refractivity contribution in [2.75, 3.05) is 7.11 Å². The third-order valence-electron chi connectivity index (χ3n) is 4.36. The van der Waals surface area contributed by atoms with Crippen molar-refractivity contribution < 1.29 is 9.47 Å². The molecular formula is C18H19NO2. The Morgan fingerprint density at radius 2 is 1.52 bits per heavy atom. The average Bonchev–Trinajstić information content (AvgIpc) is 2.85. The van der Waals surface area contributed by atoms with Gasteiger partial charge in [0, 0.05) is 24.9 Å². The van der Waals surface area contributed by atoms with Gasteiger partial charge in [-0.15, -0.1) is 0 Å². The molecule has 3 heteroatoms. The average molecular weight is 281 g/mol. The molecule has 0 spiro atoms. The summed E-state index contributed by atoms with van der Waals surface area (Å²) in [6.45, 7) is 0. The second-order valence-corrected chi connectivity index (χ2v) is 5.85. The molecule has 2 atom stereocenters. The minimum absolute atomic E-state index is 0.298. The van der Waals surface area contributed by atoms with Crippen LogP contribution < -0.4 is 14.8 Å². The number of benzene rings is 2. The first-order chi connectivity index (χ1) is 10.3. The first-order valence-corrected chi connectivity index (χ1v) is 7.49. The maximum absolute atomic E-state index is 6.19. The second kappa shape index (κ2) is 5.08. The highest BCUT2D eigenvalue weighted by Gasteiger charge is 2.30. The molecule has 0 aromatic heterocycles. The monoisotopic (exact) mass is 281 g/mol. The Balaban J connectivity index is 1.54. The molecule has 21 heavy (non-hydrogen) atoms. The molecule has 4 rings (SSSR count). The van der Waals surface area contributed by atoms with Crippen molar-refractivity contribution in [3.05, 3.63) is 48.6 Å². The van der Waals surface area contributed by atoms with Gasteiger partial charge in [0.2, 0.25) is 0 Å². The number of fused-ring (bicyclic) bond motifs is 3. The number of piperidine rings is 1. The molecule has 2 unspecified atom stereocenters. The molecule has 2 heterocycles. The van der Waals surface area contributed by atoms with Crippen molar-refractivity contribution >= 4 is 10.8 Å². The molecule has 108 valence electrons. The van der Waals surface area contributed by atoms with E-state index in [9.17, 15) is 0 Å². The summed E-state index contributed by atoms with van der Waals surface area (Å²) in [5.41, 5.74) is 0. The summed E-state index contributed by atoms with van der Waals surface area (Å²) in [5.74, 6) is 1.84. The molecule has 0 aliphatic carbocycles. The van der Waals surface area contributed by atoms with Crippen LogP contribution in [0.5, 0.6) is 11.5 Å². The molecule has 2 bridgehead atoms. The van der Waals surface area contributed by atoms with Crippen LogP contribution in [0.2, 0.25) is 0 Å². The summed E-state index contributed by atoms with van der Waals surface area (Å²) in [6.07, 6.45) is 6.93. The maximum atomic E-state index is 6.19. The fourth-order valence-corrected chi connectivity index (χ4v) is 3.30. The van der Waals surface area contributed by atoms with E-state index in [2.05, 4.69) is 41.7 Å². The van der Waals surface area contributed by atoms with Crippen LogP contribution in [0.3, 0.4) is 0 Å². The minimum atomic E-state index is 0.298. The van der Waals surface area contributed by atoms with Crippen LogP contribution in [0.1, 0.15) is 12.8 Å². The molecule has 2 aromatic carbocycles. The largest absolute Gasteiger partial charge is 0.497 e. The van der Waals surface area contributed by atoms with Crippen molar-refractivity contribution in [1.82, 2.24) is 5.32 Å². The molecule has 1 saturated heterocycles. The highest BCUT2D eigenvalue weighted by atomic mass is 16.5.